The summed E-state index contributed by atoms with van der Waals surface area (Å²) in [4.78, 5) is 16.5. The summed E-state index contributed by atoms with van der Waals surface area (Å²) in [5.74, 6) is 1.01. The summed E-state index contributed by atoms with van der Waals surface area (Å²) in [6.07, 6.45) is 5.21. The number of nitrogens with one attached hydrogen (secondary N) is 2. The number of carbonyl (C=O) groups excluding carboxylic acids is 1. The number of ether oxygens (including phenoxy) is 2. The number of pyridine rings is 1. The third-order valence-electron chi connectivity index (χ3n) is 4.02. The van der Waals surface area contributed by atoms with Crippen molar-refractivity contribution in [1.29, 1.82) is 0 Å². The Morgan fingerprint density at radius 3 is 2.74 bits per heavy atom. The lowest BCUT2D eigenvalue weighted by Crippen LogP contribution is -2.28. The fourth-order valence-electron chi connectivity index (χ4n) is 2.72. The van der Waals surface area contributed by atoms with Gasteiger partial charge in [0.1, 0.15) is 0 Å². The largest absolute Gasteiger partial charge is 0.493 e. The highest BCUT2D eigenvalue weighted by Crippen LogP contribution is 2.34. The molecule has 0 aliphatic rings. The lowest BCUT2D eigenvalue weighted by molar-refractivity contribution is 0.251. The molecule has 8 heteroatoms. The van der Waals surface area contributed by atoms with Gasteiger partial charge in [-0.1, -0.05) is 6.07 Å². The Kier molecular flexibility index (Phi) is 5.55. The lowest BCUT2D eigenvalue weighted by atomic mass is 10.1. The van der Waals surface area contributed by atoms with Crippen LogP contribution in [0.15, 0.2) is 48.9 Å². The van der Waals surface area contributed by atoms with Gasteiger partial charge in [0, 0.05) is 37.7 Å². The molecule has 3 rings (SSSR count). The number of carbonyl (C=O) groups is 1. The molecule has 0 unspecified atom stereocenters. The van der Waals surface area contributed by atoms with E-state index in [0.29, 0.717) is 23.7 Å². The van der Waals surface area contributed by atoms with Gasteiger partial charge in [0.25, 0.3) is 0 Å². The van der Waals surface area contributed by atoms with E-state index in [4.69, 9.17) is 9.47 Å². The van der Waals surface area contributed by atoms with E-state index in [-0.39, 0.29) is 6.03 Å². The van der Waals surface area contributed by atoms with Crippen LogP contribution in [0, 0.1) is 0 Å². The summed E-state index contributed by atoms with van der Waals surface area (Å²) >= 11 is 0. The second-order valence-electron chi connectivity index (χ2n) is 5.77. The van der Waals surface area contributed by atoms with Gasteiger partial charge in [-0.3, -0.25) is 9.67 Å². The van der Waals surface area contributed by atoms with Crippen LogP contribution in [0.3, 0.4) is 0 Å². The zero-order chi connectivity index (χ0) is 19.2. The standard InChI is InChI=1S/C19H21N5O3/c1-24-16(7-8-22-24)14-9-13(10-20-12-14)11-21-19(25)23-15-5-4-6-17(26-2)18(15)27-3/h4-10,12H,11H2,1-3H3,(H2,21,23,25). The van der Waals surface area contributed by atoms with Gasteiger partial charge in [-0.25, -0.2) is 4.79 Å². The van der Waals surface area contributed by atoms with Crippen LogP contribution in [0.25, 0.3) is 11.3 Å². The molecule has 0 atom stereocenters. The van der Waals surface area contributed by atoms with Crippen LogP contribution in [-0.2, 0) is 13.6 Å². The van der Waals surface area contributed by atoms with E-state index in [1.807, 2.05) is 19.2 Å². The van der Waals surface area contributed by atoms with E-state index in [0.717, 1.165) is 16.8 Å². The number of benzene rings is 1. The highest BCUT2D eigenvalue weighted by molar-refractivity contribution is 5.91. The van der Waals surface area contributed by atoms with E-state index in [1.165, 1.54) is 7.11 Å². The SMILES string of the molecule is COc1cccc(NC(=O)NCc2cncc(-c3ccnn3C)c2)c1OC. The van der Waals surface area contributed by atoms with Crippen molar-refractivity contribution >= 4 is 11.7 Å². The quantitative estimate of drug-likeness (QED) is 0.699. The minimum atomic E-state index is -0.354. The third kappa shape index (κ3) is 4.17. The number of hydrogen-bond acceptors (Lipinski definition) is 5. The maximum Gasteiger partial charge on any atom is 0.319 e. The minimum absolute atomic E-state index is 0.330. The van der Waals surface area contributed by atoms with Gasteiger partial charge in [0.05, 0.1) is 25.6 Å². The van der Waals surface area contributed by atoms with Crippen molar-refractivity contribution in [2.24, 2.45) is 7.05 Å². The van der Waals surface area contributed by atoms with Gasteiger partial charge in [0.2, 0.25) is 0 Å². The molecular formula is C19H21N5O3. The Labute approximate surface area is 157 Å². The van der Waals surface area contributed by atoms with Crippen molar-refractivity contribution in [3.8, 4) is 22.8 Å². The van der Waals surface area contributed by atoms with Crippen LogP contribution in [0.5, 0.6) is 11.5 Å². The highest BCUT2D eigenvalue weighted by atomic mass is 16.5. The molecule has 2 heterocycles. The molecule has 0 bridgehead atoms. The molecule has 2 amide bonds. The summed E-state index contributed by atoms with van der Waals surface area (Å²) in [5, 5.41) is 9.74. The van der Waals surface area contributed by atoms with E-state index in [2.05, 4.69) is 20.7 Å². The van der Waals surface area contributed by atoms with Crippen LogP contribution >= 0.6 is 0 Å². The molecule has 8 nitrogen and oxygen atoms in total. The van der Waals surface area contributed by atoms with Gasteiger partial charge in [-0.05, 0) is 29.8 Å². The Morgan fingerprint density at radius 1 is 1.19 bits per heavy atom. The van der Waals surface area contributed by atoms with Gasteiger partial charge in [0.15, 0.2) is 11.5 Å². The van der Waals surface area contributed by atoms with Crippen molar-refractivity contribution in [3.05, 3.63) is 54.5 Å². The topological polar surface area (TPSA) is 90.3 Å². The number of nitrogens with zero attached hydrogens (tertiary/aromatic N) is 3. The van der Waals surface area contributed by atoms with Crippen LogP contribution in [0.4, 0.5) is 10.5 Å². The first-order valence-electron chi connectivity index (χ1n) is 8.30. The summed E-state index contributed by atoms with van der Waals surface area (Å²) < 4.78 is 12.3. The average molecular weight is 367 g/mol. The van der Waals surface area contributed by atoms with Crippen molar-refractivity contribution in [2.45, 2.75) is 6.54 Å². The molecule has 0 saturated heterocycles. The molecule has 2 N–H and O–H groups in total. The predicted molar refractivity (Wildman–Crippen MR) is 102 cm³/mol. The number of urea groups is 1. The summed E-state index contributed by atoms with van der Waals surface area (Å²) in [5.41, 5.74) is 3.29. The molecule has 0 aliphatic carbocycles. The average Bonchev–Trinajstić information content (AvgIpc) is 3.12. The fraction of sp³-hybridized carbons (Fsp3) is 0.211. The maximum atomic E-state index is 12.3. The van der Waals surface area contributed by atoms with Crippen LogP contribution in [-0.4, -0.2) is 35.0 Å². The minimum Gasteiger partial charge on any atom is -0.493 e. The van der Waals surface area contributed by atoms with E-state index in [1.54, 1.807) is 48.6 Å². The van der Waals surface area contributed by atoms with Gasteiger partial charge >= 0.3 is 6.03 Å². The van der Waals surface area contributed by atoms with Crippen molar-refractivity contribution in [1.82, 2.24) is 20.1 Å². The van der Waals surface area contributed by atoms with E-state index < -0.39 is 0 Å². The molecule has 3 aromatic rings. The molecule has 0 fully saturated rings. The summed E-state index contributed by atoms with van der Waals surface area (Å²) in [6, 6.07) is 8.81. The van der Waals surface area contributed by atoms with E-state index in [9.17, 15) is 4.79 Å². The molecule has 0 radical (unpaired) electrons. The monoisotopic (exact) mass is 367 g/mol. The Hall–Kier alpha value is -3.55. The highest BCUT2D eigenvalue weighted by Gasteiger charge is 2.12. The van der Waals surface area contributed by atoms with Gasteiger partial charge in [-0.2, -0.15) is 5.10 Å². The third-order valence-corrected chi connectivity index (χ3v) is 4.02. The molecule has 27 heavy (non-hydrogen) atoms. The Morgan fingerprint density at radius 2 is 2.04 bits per heavy atom. The first kappa shape index (κ1) is 18.2. The fourth-order valence-corrected chi connectivity index (χ4v) is 2.72. The number of methoxy groups -OCH3 is 2. The first-order valence-corrected chi connectivity index (χ1v) is 8.30. The van der Waals surface area contributed by atoms with Crippen molar-refractivity contribution < 1.29 is 14.3 Å². The van der Waals surface area contributed by atoms with Crippen LogP contribution in [0.2, 0.25) is 0 Å². The van der Waals surface area contributed by atoms with E-state index >= 15 is 0 Å². The maximum absolute atomic E-state index is 12.3. The van der Waals surface area contributed by atoms with Crippen LogP contribution < -0.4 is 20.1 Å². The molecule has 2 aromatic heterocycles. The first-order chi connectivity index (χ1) is 13.1. The number of aryl methyl sites for hydroxylation is 1. The lowest BCUT2D eigenvalue weighted by Gasteiger charge is -2.14. The smallest absolute Gasteiger partial charge is 0.319 e. The number of amides is 2. The van der Waals surface area contributed by atoms with Gasteiger partial charge in [-0.15, -0.1) is 0 Å². The molecule has 0 aliphatic heterocycles. The predicted octanol–water partition coefficient (Wildman–Crippen LogP) is 2.82. The molecule has 1 aromatic carbocycles. The normalized spacial score (nSPS) is 10.3. The van der Waals surface area contributed by atoms with Crippen LogP contribution in [0.1, 0.15) is 5.56 Å². The summed E-state index contributed by atoms with van der Waals surface area (Å²) in [6.45, 7) is 0.330. The van der Waals surface area contributed by atoms with Crippen molar-refractivity contribution in [2.75, 3.05) is 19.5 Å². The number of para-hydroxylation sites is 1. The zero-order valence-corrected chi connectivity index (χ0v) is 15.4. The molecule has 0 saturated carbocycles. The number of rotatable bonds is 6. The molecular weight excluding hydrogens is 346 g/mol. The molecule has 0 spiro atoms. The molecule has 140 valence electrons. The zero-order valence-electron chi connectivity index (χ0n) is 15.4. The number of anilines is 1. The Bertz CT molecular complexity index is 939. The second kappa shape index (κ2) is 8.22. The number of hydrogen-bond donors (Lipinski definition) is 2. The second-order valence-corrected chi connectivity index (χ2v) is 5.77. The number of aromatic nitrogens is 3. The summed E-state index contributed by atoms with van der Waals surface area (Å²) in [7, 11) is 4.94. The van der Waals surface area contributed by atoms with Gasteiger partial charge < -0.3 is 20.1 Å². The Balaban J connectivity index is 1.66. The van der Waals surface area contributed by atoms with Crippen molar-refractivity contribution in [3.63, 3.8) is 0 Å².